The number of nitrogens with zero attached hydrogens (tertiary/aromatic N) is 21. The molecule has 308 valence electrons. The Balaban J connectivity index is 0.000000101. The average molecular weight is 834 g/mol. The molecule has 21 nitrogen and oxygen atoms in total. The van der Waals surface area contributed by atoms with E-state index in [0.29, 0.717) is 5.78 Å². The monoisotopic (exact) mass is 833 g/mol. The molecule has 63 heavy (non-hydrogen) atoms. The SMILES string of the molecule is C1=Nc2nccnc2C1.c1cc2nccn2cn1.c1cc2nccnn2c1.c1ccn2nccc2c1.c1cn2ccnc2cn1.c1cnc2nccn2c1.c1cnn2ccnc2n1. The first kappa shape index (κ1) is 40.3. The first-order valence-electron chi connectivity index (χ1n) is 19.0. The third-order valence-electron chi connectivity index (χ3n) is 8.35. The molecule has 0 bridgehead atoms. The van der Waals surface area contributed by atoms with Gasteiger partial charge < -0.3 is 4.40 Å². The van der Waals surface area contributed by atoms with Gasteiger partial charge in [0.2, 0.25) is 5.78 Å². The fraction of sp³-hybridized carbons (Fsp3) is 0.0238. The zero-order valence-corrected chi connectivity index (χ0v) is 33.2. The van der Waals surface area contributed by atoms with Gasteiger partial charge in [0.1, 0.15) is 12.0 Å². The molecule has 1 aliphatic heterocycles. The molecule has 0 N–H and O–H groups in total. The van der Waals surface area contributed by atoms with Gasteiger partial charge in [-0.1, -0.05) is 6.07 Å². The summed E-state index contributed by atoms with van der Waals surface area (Å²) in [6.07, 6.45) is 44.8. The third-order valence-corrected chi connectivity index (χ3v) is 8.35. The van der Waals surface area contributed by atoms with Gasteiger partial charge in [-0.3, -0.25) is 18.8 Å². The van der Waals surface area contributed by atoms with Gasteiger partial charge in [0, 0.05) is 124 Å². The minimum absolute atomic E-state index is 0.637. The van der Waals surface area contributed by atoms with Crippen molar-refractivity contribution >= 4 is 46.0 Å². The molecule has 0 unspecified atom stereocenters. The minimum Gasteiger partial charge on any atom is -0.304 e. The van der Waals surface area contributed by atoms with Crippen LogP contribution in [0.5, 0.6) is 0 Å². The molecule has 1 aliphatic rings. The van der Waals surface area contributed by atoms with Crippen LogP contribution in [0.4, 0.5) is 5.82 Å². The van der Waals surface area contributed by atoms with Crippen molar-refractivity contribution in [3.05, 3.63) is 203 Å². The van der Waals surface area contributed by atoms with E-state index in [4.69, 9.17) is 0 Å². The molecule has 0 saturated carbocycles. The van der Waals surface area contributed by atoms with Crippen LogP contribution in [-0.4, -0.2) is 103 Å². The van der Waals surface area contributed by atoms with E-state index in [1.165, 1.54) is 0 Å². The van der Waals surface area contributed by atoms with Crippen LogP contribution in [0, 0.1) is 0 Å². The number of hydrogen-bond donors (Lipinski definition) is 0. The second kappa shape index (κ2) is 20.9. The molecule has 0 fully saturated rings. The predicted molar refractivity (Wildman–Crippen MR) is 232 cm³/mol. The Labute approximate surface area is 356 Å². The molecule has 0 saturated heterocycles. The lowest BCUT2D eigenvalue weighted by molar-refractivity contribution is 0.902. The molecule has 0 radical (unpaired) electrons. The summed E-state index contributed by atoms with van der Waals surface area (Å²) in [7, 11) is 0. The van der Waals surface area contributed by atoms with Crippen LogP contribution in [0.15, 0.2) is 202 Å². The highest BCUT2D eigenvalue weighted by molar-refractivity contribution is 5.72. The lowest BCUT2D eigenvalue weighted by Gasteiger charge is -1.89. The van der Waals surface area contributed by atoms with Crippen LogP contribution in [0.2, 0.25) is 0 Å². The van der Waals surface area contributed by atoms with E-state index in [1.807, 2.05) is 116 Å². The minimum atomic E-state index is 0.637. The number of hydrogen-bond acceptors (Lipinski definition) is 15. The van der Waals surface area contributed by atoms with Gasteiger partial charge >= 0.3 is 0 Å². The van der Waals surface area contributed by atoms with Crippen molar-refractivity contribution in [2.24, 2.45) is 4.99 Å². The van der Waals surface area contributed by atoms with Gasteiger partial charge in [-0.15, -0.1) is 0 Å². The Hall–Kier alpha value is -9.53. The lowest BCUT2D eigenvalue weighted by atomic mass is 10.4. The van der Waals surface area contributed by atoms with Crippen LogP contribution in [-0.2, 0) is 6.42 Å². The molecular weight excluding hydrogens is 799 g/mol. The van der Waals surface area contributed by atoms with E-state index in [2.05, 4.69) is 75.1 Å². The van der Waals surface area contributed by atoms with Gasteiger partial charge in [-0.25, -0.2) is 63.4 Å². The summed E-state index contributed by atoms with van der Waals surface area (Å²) in [5, 5.41) is 12.0. The zero-order valence-electron chi connectivity index (χ0n) is 33.2. The molecule has 0 amide bonds. The van der Waals surface area contributed by atoms with Crippen molar-refractivity contribution < 1.29 is 0 Å². The quantitative estimate of drug-likeness (QED) is 0.194. The summed E-state index contributed by atoms with van der Waals surface area (Å²) in [5.41, 5.74) is 4.83. The highest BCUT2D eigenvalue weighted by atomic mass is 15.3. The highest BCUT2D eigenvalue weighted by Gasteiger charge is 2.05. The van der Waals surface area contributed by atoms with Crippen molar-refractivity contribution in [3.63, 3.8) is 0 Å². The van der Waals surface area contributed by atoms with E-state index in [9.17, 15) is 0 Å². The molecule has 14 rings (SSSR count). The largest absolute Gasteiger partial charge is 0.304 e. The standard InChI is InChI=1S/C7H6N2.5C6H5N3.C5H4N4/c1-2-6-9-7(3-1)4-5-8-9;1-3-9-4-2-8-6(9)5-7-1;1-2-7-5-9-4-3-8-6(1)9;1-2-8-6-5(1)7-3-4-9-6;1-2-6-7-3-4-8-9(6)5-1;1-2-7-6-8-3-5-9(6)4-1;1-2-8-9-4-3-7-5(9)6-1/h1-6H;2*1-5H;2-4H,1H2;2*1-5H;1-4H. The van der Waals surface area contributed by atoms with Crippen molar-refractivity contribution in [2.45, 2.75) is 6.42 Å². The fourth-order valence-electron chi connectivity index (χ4n) is 5.45. The van der Waals surface area contributed by atoms with Gasteiger partial charge in [-0.2, -0.15) is 15.3 Å². The summed E-state index contributed by atoms with van der Waals surface area (Å²) in [6.45, 7) is 0. The van der Waals surface area contributed by atoms with Crippen molar-refractivity contribution in [3.8, 4) is 0 Å². The Bertz CT molecular complexity index is 2700. The average Bonchev–Trinajstić information content (AvgIpc) is 4.21. The second-order valence-corrected chi connectivity index (χ2v) is 12.4. The summed E-state index contributed by atoms with van der Waals surface area (Å²) in [5.74, 6) is 2.16. The van der Waals surface area contributed by atoms with Crippen molar-refractivity contribution in [2.75, 3.05) is 0 Å². The summed E-state index contributed by atoms with van der Waals surface area (Å²) < 4.78 is 10.8. The molecule has 0 aromatic carbocycles. The Kier molecular flexibility index (Phi) is 13.4. The van der Waals surface area contributed by atoms with E-state index in [-0.39, 0.29) is 0 Å². The number of aliphatic imine (C=N–C) groups is 1. The van der Waals surface area contributed by atoms with Crippen molar-refractivity contribution in [1.29, 1.82) is 0 Å². The van der Waals surface area contributed by atoms with Crippen LogP contribution in [0.25, 0.3) is 34.0 Å². The number of pyridine rings is 1. The van der Waals surface area contributed by atoms with E-state index >= 15 is 0 Å². The van der Waals surface area contributed by atoms with Crippen molar-refractivity contribution in [1.82, 2.24) is 96.9 Å². The maximum Gasteiger partial charge on any atom is 0.250 e. The van der Waals surface area contributed by atoms with Gasteiger partial charge in [0.25, 0.3) is 5.78 Å². The number of aromatic nitrogens is 20. The Morgan fingerprint density at radius 3 is 1.95 bits per heavy atom. The summed E-state index contributed by atoms with van der Waals surface area (Å²) in [4.78, 5) is 47.8. The smallest absolute Gasteiger partial charge is 0.250 e. The van der Waals surface area contributed by atoms with Gasteiger partial charge in [-0.05, 0) is 42.5 Å². The van der Waals surface area contributed by atoms with Crippen LogP contribution >= 0.6 is 0 Å². The lowest BCUT2D eigenvalue weighted by Crippen LogP contribution is -1.89. The Morgan fingerprint density at radius 2 is 1.10 bits per heavy atom. The normalized spacial score (nSPS) is 10.7. The number of rotatable bonds is 0. The molecule has 0 spiro atoms. The van der Waals surface area contributed by atoms with Crippen LogP contribution < -0.4 is 0 Å². The maximum absolute atomic E-state index is 4.07. The molecule has 0 aliphatic carbocycles. The third kappa shape index (κ3) is 11.2. The molecule has 0 atom stereocenters. The summed E-state index contributed by atoms with van der Waals surface area (Å²) in [6, 6.07) is 15.5. The zero-order chi connectivity index (χ0) is 42.7. The Morgan fingerprint density at radius 1 is 0.381 bits per heavy atom. The first-order valence-corrected chi connectivity index (χ1v) is 19.0. The second-order valence-electron chi connectivity index (χ2n) is 12.4. The predicted octanol–water partition coefficient (Wildman–Crippen LogP) is 5.11. The first-order chi connectivity index (χ1) is 31.3. The van der Waals surface area contributed by atoms with E-state index in [1.54, 1.807) is 115 Å². The van der Waals surface area contributed by atoms with E-state index in [0.717, 1.165) is 46.2 Å². The van der Waals surface area contributed by atoms with Gasteiger partial charge in [0.05, 0.1) is 42.2 Å². The van der Waals surface area contributed by atoms with Gasteiger partial charge in [0.15, 0.2) is 17.1 Å². The van der Waals surface area contributed by atoms with E-state index < -0.39 is 0 Å². The molecule has 13 aromatic rings. The van der Waals surface area contributed by atoms with Crippen LogP contribution in [0.3, 0.4) is 0 Å². The molecular formula is C42H35N21. The maximum atomic E-state index is 4.07. The number of fused-ring (bicyclic) bond motifs is 7. The summed E-state index contributed by atoms with van der Waals surface area (Å²) >= 11 is 0. The highest BCUT2D eigenvalue weighted by Crippen LogP contribution is 2.16. The number of imidazole rings is 4. The molecule has 21 heteroatoms. The molecule has 14 heterocycles. The fourth-order valence-corrected chi connectivity index (χ4v) is 5.45. The molecule has 13 aromatic heterocycles. The van der Waals surface area contributed by atoms with Crippen LogP contribution in [0.1, 0.15) is 5.69 Å². The topological polar surface area (TPSA) is 219 Å².